The molecule has 1 atom stereocenters. The summed E-state index contributed by atoms with van der Waals surface area (Å²) >= 11 is 0. The van der Waals surface area contributed by atoms with Crippen molar-refractivity contribution >= 4 is 29.5 Å². The quantitative estimate of drug-likeness (QED) is 0.528. The first-order valence-electron chi connectivity index (χ1n) is 9.38. The number of benzene rings is 1. The highest BCUT2D eigenvalue weighted by Gasteiger charge is 2.64. The van der Waals surface area contributed by atoms with Crippen LogP contribution in [0.2, 0.25) is 0 Å². The smallest absolute Gasteiger partial charge is 0.341 e. The molecule has 2 aliphatic heterocycles. The van der Waals surface area contributed by atoms with E-state index < -0.39 is 35.8 Å². The van der Waals surface area contributed by atoms with E-state index in [2.05, 4.69) is 0 Å². The third kappa shape index (κ3) is 3.11. The number of hydrogen-bond donors (Lipinski definition) is 1. The van der Waals surface area contributed by atoms with Crippen molar-refractivity contribution < 1.29 is 38.1 Å². The number of methoxy groups -OCH3 is 2. The topological polar surface area (TPSA) is 134 Å². The Morgan fingerprint density at radius 3 is 2.39 bits per heavy atom. The molecule has 31 heavy (non-hydrogen) atoms. The van der Waals surface area contributed by atoms with E-state index in [0.29, 0.717) is 5.69 Å². The number of hydrogen-bond acceptors (Lipinski definition) is 9. The highest BCUT2D eigenvalue weighted by atomic mass is 16.5. The van der Waals surface area contributed by atoms with Gasteiger partial charge in [0, 0.05) is 11.3 Å². The second kappa shape index (κ2) is 8.13. The maximum absolute atomic E-state index is 14.0. The minimum Gasteiger partial charge on any atom is -0.468 e. The Morgan fingerprint density at radius 1 is 1.10 bits per heavy atom. The van der Waals surface area contributed by atoms with Gasteiger partial charge in [-0.05, 0) is 19.9 Å². The number of amides is 1. The molecule has 2 aliphatic rings. The zero-order valence-corrected chi connectivity index (χ0v) is 17.5. The van der Waals surface area contributed by atoms with Crippen molar-refractivity contribution in [2.75, 3.05) is 32.3 Å². The van der Waals surface area contributed by atoms with Gasteiger partial charge < -0.3 is 24.7 Å². The Balaban J connectivity index is 2.41. The van der Waals surface area contributed by atoms with Crippen LogP contribution in [0.1, 0.15) is 19.4 Å². The van der Waals surface area contributed by atoms with Crippen molar-refractivity contribution in [2.45, 2.75) is 19.3 Å². The lowest BCUT2D eigenvalue weighted by Gasteiger charge is -2.36. The average Bonchev–Trinajstić information content (AvgIpc) is 2.97. The molecule has 0 saturated heterocycles. The van der Waals surface area contributed by atoms with Crippen LogP contribution in [0, 0.1) is 0 Å². The molecule has 1 aromatic carbocycles. The molecule has 10 heteroatoms. The molecule has 1 aromatic rings. The van der Waals surface area contributed by atoms with Gasteiger partial charge in [0.2, 0.25) is 11.8 Å². The van der Waals surface area contributed by atoms with E-state index in [0.717, 1.165) is 12.0 Å². The molecule has 0 aromatic heterocycles. The number of rotatable bonds is 5. The van der Waals surface area contributed by atoms with E-state index in [1.807, 2.05) is 0 Å². The molecular formula is C21H22N2O8. The molecule has 164 valence electrons. The van der Waals surface area contributed by atoms with Crippen molar-refractivity contribution in [1.29, 1.82) is 0 Å². The van der Waals surface area contributed by atoms with E-state index in [4.69, 9.17) is 24.7 Å². The van der Waals surface area contributed by atoms with E-state index in [1.54, 1.807) is 31.2 Å². The fraction of sp³-hybridized carbons (Fsp3) is 0.333. The van der Waals surface area contributed by atoms with Crippen molar-refractivity contribution in [3.05, 3.63) is 52.6 Å². The predicted molar refractivity (Wildman–Crippen MR) is 106 cm³/mol. The van der Waals surface area contributed by atoms with E-state index in [-0.39, 0.29) is 35.0 Å². The van der Waals surface area contributed by atoms with Crippen molar-refractivity contribution in [2.24, 2.45) is 5.73 Å². The second-order valence-electron chi connectivity index (χ2n) is 6.72. The monoisotopic (exact) mass is 430 g/mol. The van der Waals surface area contributed by atoms with Crippen molar-refractivity contribution in [1.82, 2.24) is 0 Å². The Morgan fingerprint density at radius 2 is 1.77 bits per heavy atom. The second-order valence-corrected chi connectivity index (χ2v) is 6.72. The molecule has 0 saturated carbocycles. The zero-order chi connectivity index (χ0) is 22.9. The van der Waals surface area contributed by atoms with Gasteiger partial charge in [-0.25, -0.2) is 9.59 Å². The zero-order valence-electron chi connectivity index (χ0n) is 17.5. The standard InChI is InChI=1S/C21H22N2O8/c1-5-30-19(26)16-17(22)31-11(2)15(18(25)29-4)21(16)12-8-6-7-9-13(12)23(20(21)27)10-14(24)28-3/h6-9H,5,10,22H2,1-4H3/t21-/m0/s1. The fourth-order valence-corrected chi connectivity index (χ4v) is 3.98. The number of anilines is 1. The van der Waals surface area contributed by atoms with Crippen LogP contribution < -0.4 is 10.6 Å². The molecule has 1 amide bonds. The van der Waals surface area contributed by atoms with Crippen LogP contribution in [-0.2, 0) is 43.5 Å². The highest BCUT2D eigenvalue weighted by molar-refractivity contribution is 6.23. The number of esters is 3. The minimum absolute atomic E-state index is 0.0103. The maximum Gasteiger partial charge on any atom is 0.341 e. The molecular weight excluding hydrogens is 408 g/mol. The van der Waals surface area contributed by atoms with E-state index >= 15 is 0 Å². The predicted octanol–water partition coefficient (Wildman–Crippen LogP) is 0.655. The molecule has 0 bridgehead atoms. The molecule has 1 spiro atoms. The number of nitrogens with two attached hydrogens (primary N) is 1. The van der Waals surface area contributed by atoms with Gasteiger partial charge in [-0.15, -0.1) is 0 Å². The Bertz CT molecular complexity index is 1040. The third-order valence-corrected chi connectivity index (χ3v) is 5.16. The molecule has 2 heterocycles. The summed E-state index contributed by atoms with van der Waals surface area (Å²) in [7, 11) is 2.32. The van der Waals surface area contributed by atoms with Crippen LogP contribution in [0.5, 0.6) is 0 Å². The molecule has 0 radical (unpaired) electrons. The lowest BCUT2D eigenvalue weighted by molar-refractivity contribution is -0.142. The van der Waals surface area contributed by atoms with Crippen LogP contribution in [0.25, 0.3) is 0 Å². The number of carbonyl (C=O) groups is 4. The summed E-state index contributed by atoms with van der Waals surface area (Å²) in [6.07, 6.45) is 0. The number of fused-ring (bicyclic) bond motifs is 2. The third-order valence-electron chi connectivity index (χ3n) is 5.16. The van der Waals surface area contributed by atoms with Gasteiger partial charge in [0.25, 0.3) is 0 Å². The van der Waals surface area contributed by atoms with E-state index in [9.17, 15) is 19.2 Å². The average molecular weight is 430 g/mol. The number of ether oxygens (including phenoxy) is 4. The van der Waals surface area contributed by atoms with Gasteiger partial charge in [0.05, 0.1) is 20.8 Å². The number of allylic oxidation sites excluding steroid dienone is 1. The Hall–Kier alpha value is -3.82. The molecule has 2 N–H and O–H groups in total. The van der Waals surface area contributed by atoms with Gasteiger partial charge in [-0.1, -0.05) is 18.2 Å². The van der Waals surface area contributed by atoms with Crippen LogP contribution in [0.3, 0.4) is 0 Å². The largest absolute Gasteiger partial charge is 0.468 e. The number of carbonyl (C=O) groups excluding carboxylic acids is 4. The van der Waals surface area contributed by atoms with Crippen LogP contribution in [0.15, 0.2) is 47.1 Å². The molecule has 0 aliphatic carbocycles. The molecule has 0 fully saturated rings. The summed E-state index contributed by atoms with van der Waals surface area (Å²) in [6.45, 7) is 2.56. The lowest BCUT2D eigenvalue weighted by atomic mass is 9.67. The highest BCUT2D eigenvalue weighted by Crippen LogP contribution is 2.54. The van der Waals surface area contributed by atoms with Gasteiger partial charge in [-0.2, -0.15) is 0 Å². The van der Waals surface area contributed by atoms with E-state index in [1.165, 1.54) is 14.0 Å². The Labute approximate surface area is 178 Å². The first kappa shape index (κ1) is 21.9. The molecule has 3 rings (SSSR count). The van der Waals surface area contributed by atoms with Gasteiger partial charge in [0.15, 0.2) is 0 Å². The van der Waals surface area contributed by atoms with Gasteiger partial charge >= 0.3 is 17.9 Å². The van der Waals surface area contributed by atoms with Crippen molar-refractivity contribution in [3.8, 4) is 0 Å². The normalized spacial score (nSPS) is 19.9. The first-order chi connectivity index (χ1) is 14.7. The molecule has 0 unspecified atom stereocenters. The van der Waals surface area contributed by atoms with Gasteiger partial charge in [0.1, 0.15) is 28.9 Å². The maximum atomic E-state index is 14.0. The van der Waals surface area contributed by atoms with Crippen LogP contribution in [-0.4, -0.2) is 51.2 Å². The summed E-state index contributed by atoms with van der Waals surface area (Å²) < 4.78 is 20.2. The SMILES string of the molecule is CCOC(=O)C1=C(N)OC(C)=C(C(=O)OC)[C@]12C(=O)N(CC(=O)OC)c1ccccc12. The summed E-state index contributed by atoms with van der Waals surface area (Å²) in [6, 6.07) is 6.44. The minimum atomic E-state index is -2.02. The Kier molecular flexibility index (Phi) is 5.74. The molecule has 10 nitrogen and oxygen atoms in total. The summed E-state index contributed by atoms with van der Waals surface area (Å²) in [5.74, 6) is -3.67. The lowest BCUT2D eigenvalue weighted by Crippen LogP contribution is -2.51. The van der Waals surface area contributed by atoms with Crippen LogP contribution in [0.4, 0.5) is 5.69 Å². The number of para-hydroxylation sites is 1. The summed E-state index contributed by atoms with van der Waals surface area (Å²) in [5.41, 5.74) is 4.03. The fourth-order valence-electron chi connectivity index (χ4n) is 3.98. The number of nitrogens with zero attached hydrogens (tertiary/aromatic N) is 1. The first-order valence-corrected chi connectivity index (χ1v) is 9.38. The van der Waals surface area contributed by atoms with Gasteiger partial charge in [-0.3, -0.25) is 14.5 Å². The summed E-state index contributed by atoms with van der Waals surface area (Å²) in [5, 5.41) is 0. The van der Waals surface area contributed by atoms with Crippen molar-refractivity contribution in [3.63, 3.8) is 0 Å². The van der Waals surface area contributed by atoms with Crippen LogP contribution >= 0.6 is 0 Å². The summed E-state index contributed by atoms with van der Waals surface area (Å²) in [4.78, 5) is 53.0.